The van der Waals surface area contributed by atoms with Crippen molar-refractivity contribution in [3.63, 3.8) is 0 Å². The van der Waals surface area contributed by atoms with E-state index in [0.29, 0.717) is 25.2 Å². The molecule has 144 valence electrons. The van der Waals surface area contributed by atoms with Gasteiger partial charge in [0.2, 0.25) is 11.8 Å². The molecule has 4 rings (SSSR count). The van der Waals surface area contributed by atoms with Gasteiger partial charge in [0.15, 0.2) is 0 Å². The fourth-order valence-electron chi connectivity index (χ4n) is 3.25. The highest BCUT2D eigenvalue weighted by Gasteiger charge is 2.34. The molecule has 1 fully saturated rings. The monoisotopic (exact) mass is 398 g/mol. The minimum atomic E-state index is -0.407. The predicted molar refractivity (Wildman–Crippen MR) is 105 cm³/mol. The summed E-state index contributed by atoms with van der Waals surface area (Å²) in [6.07, 6.45) is 2.53. The van der Waals surface area contributed by atoms with Gasteiger partial charge in [-0.05, 0) is 35.7 Å². The SMILES string of the molecule is O=C(NCCc1ncc(-c2cccs2)[nH]1)[C@H]1CC(=O)N(c2ccc(F)cc2)C1. The highest BCUT2D eigenvalue weighted by molar-refractivity contribution is 7.13. The van der Waals surface area contributed by atoms with Crippen molar-refractivity contribution in [1.29, 1.82) is 0 Å². The smallest absolute Gasteiger partial charge is 0.227 e. The Morgan fingerprint density at radius 2 is 2.14 bits per heavy atom. The zero-order chi connectivity index (χ0) is 19.5. The van der Waals surface area contributed by atoms with Gasteiger partial charge < -0.3 is 15.2 Å². The average molecular weight is 398 g/mol. The Balaban J connectivity index is 1.28. The molecule has 2 N–H and O–H groups in total. The van der Waals surface area contributed by atoms with Gasteiger partial charge in [0.05, 0.1) is 22.7 Å². The van der Waals surface area contributed by atoms with Crippen LogP contribution in [0.4, 0.5) is 10.1 Å². The third kappa shape index (κ3) is 3.96. The quantitative estimate of drug-likeness (QED) is 0.670. The predicted octanol–water partition coefficient (Wildman–Crippen LogP) is 2.99. The summed E-state index contributed by atoms with van der Waals surface area (Å²) in [5.74, 6) is -0.235. The summed E-state index contributed by atoms with van der Waals surface area (Å²) in [7, 11) is 0. The van der Waals surface area contributed by atoms with Crippen LogP contribution in [0.3, 0.4) is 0 Å². The van der Waals surface area contributed by atoms with Crippen molar-refractivity contribution in [2.24, 2.45) is 5.92 Å². The zero-order valence-electron chi connectivity index (χ0n) is 15.0. The lowest BCUT2D eigenvalue weighted by Crippen LogP contribution is -2.34. The number of amides is 2. The average Bonchev–Trinajstić information content (AvgIpc) is 3.43. The number of rotatable bonds is 6. The lowest BCUT2D eigenvalue weighted by molar-refractivity contribution is -0.126. The number of hydrogen-bond acceptors (Lipinski definition) is 4. The molecule has 2 aromatic heterocycles. The zero-order valence-corrected chi connectivity index (χ0v) is 15.8. The number of aromatic nitrogens is 2. The van der Waals surface area contributed by atoms with E-state index in [1.165, 1.54) is 17.0 Å². The van der Waals surface area contributed by atoms with Gasteiger partial charge in [-0.15, -0.1) is 11.3 Å². The molecule has 0 spiro atoms. The van der Waals surface area contributed by atoms with Crippen LogP contribution in [0.25, 0.3) is 10.6 Å². The molecule has 1 saturated heterocycles. The molecular formula is C20H19FN4O2S. The maximum atomic E-state index is 13.1. The van der Waals surface area contributed by atoms with Crippen LogP contribution >= 0.6 is 11.3 Å². The molecule has 1 aliphatic rings. The number of imidazole rings is 1. The second kappa shape index (κ2) is 7.93. The number of carbonyl (C=O) groups is 2. The number of nitrogens with one attached hydrogen (secondary N) is 2. The number of H-pyrrole nitrogens is 1. The van der Waals surface area contributed by atoms with Gasteiger partial charge in [0.25, 0.3) is 0 Å². The van der Waals surface area contributed by atoms with E-state index in [4.69, 9.17) is 0 Å². The highest BCUT2D eigenvalue weighted by Crippen LogP contribution is 2.25. The van der Waals surface area contributed by atoms with Gasteiger partial charge in [-0.3, -0.25) is 9.59 Å². The Bertz CT molecular complexity index is 969. The molecule has 1 aromatic carbocycles. The van der Waals surface area contributed by atoms with Crippen LogP contribution in [0.5, 0.6) is 0 Å². The lowest BCUT2D eigenvalue weighted by atomic mass is 10.1. The van der Waals surface area contributed by atoms with Crippen molar-refractivity contribution in [3.05, 3.63) is 59.6 Å². The molecule has 0 saturated carbocycles. The molecule has 8 heteroatoms. The molecule has 28 heavy (non-hydrogen) atoms. The highest BCUT2D eigenvalue weighted by atomic mass is 32.1. The molecule has 0 aliphatic carbocycles. The first-order valence-corrected chi connectivity index (χ1v) is 9.89. The molecular weight excluding hydrogens is 379 g/mol. The first kappa shape index (κ1) is 18.4. The van der Waals surface area contributed by atoms with E-state index in [-0.39, 0.29) is 24.1 Å². The van der Waals surface area contributed by atoms with Crippen LogP contribution in [-0.4, -0.2) is 34.9 Å². The van der Waals surface area contributed by atoms with Crippen molar-refractivity contribution in [1.82, 2.24) is 15.3 Å². The Hall–Kier alpha value is -3.00. The molecule has 6 nitrogen and oxygen atoms in total. The lowest BCUT2D eigenvalue weighted by Gasteiger charge is -2.16. The Kier molecular flexibility index (Phi) is 5.21. The Labute approximate surface area is 165 Å². The Morgan fingerprint density at radius 3 is 2.89 bits per heavy atom. The van der Waals surface area contributed by atoms with Gasteiger partial charge in [0, 0.05) is 31.6 Å². The minimum Gasteiger partial charge on any atom is -0.355 e. The third-order valence-electron chi connectivity index (χ3n) is 4.71. The maximum absolute atomic E-state index is 13.1. The van der Waals surface area contributed by atoms with E-state index in [1.807, 2.05) is 17.5 Å². The summed E-state index contributed by atoms with van der Waals surface area (Å²) in [4.78, 5) is 34.9. The van der Waals surface area contributed by atoms with Crippen LogP contribution in [-0.2, 0) is 16.0 Å². The van der Waals surface area contributed by atoms with Gasteiger partial charge in [-0.25, -0.2) is 9.37 Å². The number of thiophene rings is 1. The summed E-state index contributed by atoms with van der Waals surface area (Å²) in [5, 5.41) is 4.89. The molecule has 3 heterocycles. The van der Waals surface area contributed by atoms with E-state index in [1.54, 1.807) is 29.7 Å². The molecule has 0 radical (unpaired) electrons. The number of anilines is 1. The number of carbonyl (C=O) groups excluding carboxylic acids is 2. The molecule has 0 bridgehead atoms. The van der Waals surface area contributed by atoms with Crippen LogP contribution in [0.15, 0.2) is 48.0 Å². The number of aromatic amines is 1. The van der Waals surface area contributed by atoms with E-state index < -0.39 is 5.92 Å². The van der Waals surface area contributed by atoms with E-state index in [0.717, 1.165) is 16.4 Å². The minimum absolute atomic E-state index is 0.126. The fraction of sp³-hybridized carbons (Fsp3) is 0.250. The summed E-state index contributed by atoms with van der Waals surface area (Å²) < 4.78 is 13.1. The Morgan fingerprint density at radius 1 is 1.32 bits per heavy atom. The molecule has 3 aromatic rings. The largest absolute Gasteiger partial charge is 0.355 e. The molecule has 0 unspecified atom stereocenters. The number of hydrogen-bond donors (Lipinski definition) is 2. The fourth-order valence-corrected chi connectivity index (χ4v) is 3.94. The van der Waals surface area contributed by atoms with Crippen molar-refractivity contribution in [2.45, 2.75) is 12.8 Å². The number of halogens is 1. The first-order chi connectivity index (χ1) is 13.6. The normalized spacial score (nSPS) is 16.5. The van der Waals surface area contributed by atoms with Crippen LogP contribution in [0.2, 0.25) is 0 Å². The summed E-state index contributed by atoms with van der Waals surface area (Å²) in [6, 6.07) is 9.73. The third-order valence-corrected chi connectivity index (χ3v) is 5.61. The summed E-state index contributed by atoms with van der Waals surface area (Å²) in [6.45, 7) is 0.747. The second-order valence-electron chi connectivity index (χ2n) is 6.64. The van der Waals surface area contributed by atoms with Gasteiger partial charge in [-0.2, -0.15) is 0 Å². The van der Waals surface area contributed by atoms with Crippen LogP contribution in [0.1, 0.15) is 12.2 Å². The van der Waals surface area contributed by atoms with Crippen LogP contribution < -0.4 is 10.2 Å². The maximum Gasteiger partial charge on any atom is 0.227 e. The standard InChI is InChI=1S/C20H19FN4O2S/c21-14-3-5-15(6-4-14)25-12-13(10-19(25)26)20(27)22-8-7-18-23-11-16(24-18)17-2-1-9-28-17/h1-6,9,11,13H,7-8,10,12H2,(H,22,27)(H,23,24)/t13-/m0/s1. The molecule has 1 aliphatic heterocycles. The van der Waals surface area contributed by atoms with E-state index >= 15 is 0 Å². The first-order valence-electron chi connectivity index (χ1n) is 9.01. The van der Waals surface area contributed by atoms with Crippen molar-refractivity contribution >= 4 is 28.8 Å². The summed E-state index contributed by atoms with van der Waals surface area (Å²) >= 11 is 1.64. The van der Waals surface area contributed by atoms with Crippen molar-refractivity contribution < 1.29 is 14.0 Å². The van der Waals surface area contributed by atoms with Crippen molar-refractivity contribution in [3.8, 4) is 10.6 Å². The number of benzene rings is 1. The topological polar surface area (TPSA) is 78.1 Å². The number of nitrogens with zero attached hydrogens (tertiary/aromatic N) is 2. The summed E-state index contributed by atoms with van der Waals surface area (Å²) in [5.41, 5.74) is 1.58. The van der Waals surface area contributed by atoms with Gasteiger partial charge in [-0.1, -0.05) is 6.07 Å². The molecule has 1 atom stereocenters. The second-order valence-corrected chi connectivity index (χ2v) is 7.59. The van der Waals surface area contributed by atoms with E-state index in [2.05, 4.69) is 15.3 Å². The van der Waals surface area contributed by atoms with Crippen molar-refractivity contribution in [2.75, 3.05) is 18.0 Å². The van der Waals surface area contributed by atoms with Gasteiger partial charge >= 0.3 is 0 Å². The molecule has 2 amide bonds. The van der Waals surface area contributed by atoms with E-state index in [9.17, 15) is 14.0 Å². The van der Waals surface area contributed by atoms with Gasteiger partial charge in [0.1, 0.15) is 11.6 Å². The van der Waals surface area contributed by atoms with Crippen LogP contribution in [0, 0.1) is 11.7 Å².